The summed E-state index contributed by atoms with van der Waals surface area (Å²) in [5, 5.41) is 0.619. The van der Waals surface area contributed by atoms with E-state index in [1.54, 1.807) is 42.5 Å². The van der Waals surface area contributed by atoms with Gasteiger partial charge in [-0.1, -0.05) is 28.1 Å². The number of benzene rings is 2. The second kappa shape index (κ2) is 7.61. The minimum absolute atomic E-state index is 0. The Hall–Kier alpha value is -2.15. The highest BCUT2D eigenvalue weighted by Gasteiger charge is 2.16. The maximum atomic E-state index is 12.2. The molecule has 7 heteroatoms. The molecule has 0 spiro atoms. The minimum atomic E-state index is -0.767. The van der Waals surface area contributed by atoms with Gasteiger partial charge < -0.3 is 14.9 Å². The van der Waals surface area contributed by atoms with Crippen molar-refractivity contribution in [2.24, 2.45) is 5.73 Å². The van der Waals surface area contributed by atoms with Crippen LogP contribution in [0.5, 0.6) is 5.75 Å². The molecule has 2 aromatic carbocycles. The molecule has 1 aromatic heterocycles. The standard InChI is InChI=1S/C17H12BrNO4.ClH/c18-12-2-1-3-13(8-12)22-16(20)14-7-11-6-10(9-19)4-5-15(11)23-17(14)21;/h1-8H,9,19H2;1H. The van der Waals surface area contributed by atoms with Gasteiger partial charge in [-0.05, 0) is 42.0 Å². The van der Waals surface area contributed by atoms with E-state index < -0.39 is 11.6 Å². The summed E-state index contributed by atoms with van der Waals surface area (Å²) < 4.78 is 11.1. The fourth-order valence-corrected chi connectivity index (χ4v) is 2.51. The highest BCUT2D eigenvalue weighted by molar-refractivity contribution is 9.10. The molecule has 0 saturated carbocycles. The van der Waals surface area contributed by atoms with Crippen LogP contribution in [0.4, 0.5) is 0 Å². The van der Waals surface area contributed by atoms with Gasteiger partial charge in [0.1, 0.15) is 16.9 Å². The molecular weight excluding hydrogens is 398 g/mol. The Bertz CT molecular complexity index is 955. The predicted octanol–water partition coefficient (Wildman–Crippen LogP) is 3.66. The average molecular weight is 411 g/mol. The molecule has 5 nitrogen and oxygen atoms in total. The van der Waals surface area contributed by atoms with Crippen molar-refractivity contribution in [2.45, 2.75) is 6.54 Å². The Balaban J connectivity index is 0.00000208. The maximum absolute atomic E-state index is 12.2. The zero-order chi connectivity index (χ0) is 16.4. The first-order chi connectivity index (χ1) is 11.1. The number of rotatable bonds is 3. The first-order valence-corrected chi connectivity index (χ1v) is 7.61. The Morgan fingerprint density at radius 1 is 1.17 bits per heavy atom. The quantitative estimate of drug-likeness (QED) is 0.405. The Morgan fingerprint density at radius 2 is 1.96 bits per heavy atom. The van der Waals surface area contributed by atoms with Crippen LogP contribution in [-0.4, -0.2) is 5.97 Å². The normalized spacial score (nSPS) is 10.2. The first-order valence-electron chi connectivity index (χ1n) is 6.81. The lowest BCUT2D eigenvalue weighted by Gasteiger charge is -2.05. The van der Waals surface area contributed by atoms with Crippen LogP contribution in [-0.2, 0) is 6.54 Å². The van der Waals surface area contributed by atoms with Gasteiger partial charge in [0.2, 0.25) is 0 Å². The third-order valence-electron chi connectivity index (χ3n) is 3.26. The van der Waals surface area contributed by atoms with Gasteiger partial charge in [-0.25, -0.2) is 9.59 Å². The Morgan fingerprint density at radius 3 is 2.67 bits per heavy atom. The van der Waals surface area contributed by atoms with Crippen LogP contribution in [0.1, 0.15) is 15.9 Å². The topological polar surface area (TPSA) is 82.5 Å². The summed E-state index contributed by atoms with van der Waals surface area (Å²) >= 11 is 3.29. The number of hydrogen-bond donors (Lipinski definition) is 1. The molecule has 0 saturated heterocycles. The SMILES string of the molecule is Cl.NCc1ccc2oc(=O)c(C(=O)Oc3cccc(Br)c3)cc2c1. The van der Waals surface area contributed by atoms with Gasteiger partial charge in [0.15, 0.2) is 0 Å². The van der Waals surface area contributed by atoms with Crippen molar-refractivity contribution in [1.29, 1.82) is 0 Å². The second-order valence-electron chi connectivity index (χ2n) is 4.87. The van der Waals surface area contributed by atoms with Crippen molar-refractivity contribution in [3.8, 4) is 5.75 Å². The van der Waals surface area contributed by atoms with Gasteiger partial charge in [-0.15, -0.1) is 12.4 Å². The second-order valence-corrected chi connectivity index (χ2v) is 5.79. The number of fused-ring (bicyclic) bond motifs is 1. The third-order valence-corrected chi connectivity index (χ3v) is 3.75. The molecule has 0 unspecified atom stereocenters. The predicted molar refractivity (Wildman–Crippen MR) is 96.7 cm³/mol. The zero-order valence-electron chi connectivity index (χ0n) is 12.3. The van der Waals surface area contributed by atoms with E-state index in [0.29, 0.717) is 23.3 Å². The van der Waals surface area contributed by atoms with E-state index >= 15 is 0 Å². The van der Waals surface area contributed by atoms with Gasteiger partial charge in [0.05, 0.1) is 0 Å². The zero-order valence-corrected chi connectivity index (χ0v) is 14.7. The Kier molecular flexibility index (Phi) is 5.77. The van der Waals surface area contributed by atoms with E-state index in [9.17, 15) is 9.59 Å². The van der Waals surface area contributed by atoms with E-state index in [1.165, 1.54) is 6.07 Å². The summed E-state index contributed by atoms with van der Waals surface area (Å²) in [4.78, 5) is 24.2. The summed E-state index contributed by atoms with van der Waals surface area (Å²) in [6.45, 7) is 0.354. The van der Waals surface area contributed by atoms with Crippen molar-refractivity contribution >= 4 is 45.3 Å². The number of esters is 1. The van der Waals surface area contributed by atoms with Crippen LogP contribution >= 0.6 is 28.3 Å². The number of carbonyl (C=O) groups excluding carboxylic acids is 1. The third kappa shape index (κ3) is 3.84. The first kappa shape index (κ1) is 18.2. The monoisotopic (exact) mass is 409 g/mol. The molecule has 0 aliphatic heterocycles. The molecule has 3 aromatic rings. The molecule has 1 heterocycles. The largest absolute Gasteiger partial charge is 0.423 e. The highest BCUT2D eigenvalue weighted by atomic mass is 79.9. The molecule has 0 atom stereocenters. The fraction of sp³-hybridized carbons (Fsp3) is 0.0588. The van der Waals surface area contributed by atoms with Crippen molar-refractivity contribution in [2.75, 3.05) is 0 Å². The van der Waals surface area contributed by atoms with Gasteiger partial charge in [0, 0.05) is 16.4 Å². The van der Waals surface area contributed by atoms with E-state index in [0.717, 1.165) is 10.0 Å². The average Bonchev–Trinajstić information content (AvgIpc) is 2.53. The lowest BCUT2D eigenvalue weighted by Crippen LogP contribution is -2.18. The van der Waals surface area contributed by atoms with E-state index in [1.807, 2.05) is 0 Å². The smallest absolute Gasteiger partial charge is 0.351 e. The van der Waals surface area contributed by atoms with Crippen molar-refractivity contribution in [1.82, 2.24) is 0 Å². The molecular formula is C17H13BrClNO4. The van der Waals surface area contributed by atoms with Gasteiger partial charge in [-0.3, -0.25) is 0 Å². The molecule has 3 rings (SSSR count). The minimum Gasteiger partial charge on any atom is -0.423 e. The lowest BCUT2D eigenvalue weighted by atomic mass is 10.1. The van der Waals surface area contributed by atoms with E-state index in [-0.39, 0.29) is 18.0 Å². The molecule has 2 N–H and O–H groups in total. The lowest BCUT2D eigenvalue weighted by molar-refractivity contribution is 0.0730. The molecule has 0 bridgehead atoms. The summed E-state index contributed by atoms with van der Waals surface area (Å²) in [5.41, 5.74) is 5.97. The van der Waals surface area contributed by atoms with Gasteiger partial charge in [0.25, 0.3) is 0 Å². The molecule has 0 fully saturated rings. The molecule has 0 aliphatic rings. The highest BCUT2D eigenvalue weighted by Crippen LogP contribution is 2.20. The van der Waals surface area contributed by atoms with Crippen LogP contribution in [0.25, 0.3) is 11.0 Å². The van der Waals surface area contributed by atoms with Crippen LogP contribution in [0.15, 0.2) is 62.2 Å². The molecule has 0 radical (unpaired) electrons. The number of ether oxygens (including phenoxy) is 1. The van der Waals surface area contributed by atoms with Crippen molar-refractivity contribution < 1.29 is 13.9 Å². The molecule has 0 amide bonds. The number of nitrogens with two attached hydrogens (primary N) is 1. The van der Waals surface area contributed by atoms with Crippen LogP contribution in [0.2, 0.25) is 0 Å². The van der Waals surface area contributed by atoms with Gasteiger partial charge >= 0.3 is 11.6 Å². The van der Waals surface area contributed by atoms with E-state index in [2.05, 4.69) is 15.9 Å². The van der Waals surface area contributed by atoms with Crippen molar-refractivity contribution in [3.05, 3.63) is 74.6 Å². The fourth-order valence-electron chi connectivity index (χ4n) is 2.13. The summed E-state index contributed by atoms with van der Waals surface area (Å²) in [6.07, 6.45) is 0. The van der Waals surface area contributed by atoms with E-state index in [4.69, 9.17) is 14.9 Å². The molecule has 24 heavy (non-hydrogen) atoms. The molecule has 0 aliphatic carbocycles. The van der Waals surface area contributed by atoms with Crippen LogP contribution in [0, 0.1) is 0 Å². The van der Waals surface area contributed by atoms with Crippen LogP contribution in [0.3, 0.4) is 0 Å². The van der Waals surface area contributed by atoms with Crippen molar-refractivity contribution in [3.63, 3.8) is 0 Å². The summed E-state index contributed by atoms with van der Waals surface area (Å²) in [5.74, 6) is -0.434. The maximum Gasteiger partial charge on any atom is 0.351 e. The van der Waals surface area contributed by atoms with Crippen LogP contribution < -0.4 is 16.1 Å². The summed E-state index contributed by atoms with van der Waals surface area (Å²) in [6, 6.07) is 13.4. The number of halogens is 2. The number of hydrogen-bond acceptors (Lipinski definition) is 5. The molecule has 124 valence electrons. The number of carbonyl (C=O) groups is 1. The van der Waals surface area contributed by atoms with Gasteiger partial charge in [-0.2, -0.15) is 0 Å². The summed E-state index contributed by atoms with van der Waals surface area (Å²) in [7, 11) is 0. The Labute approximate surface area is 152 Å².